The van der Waals surface area contributed by atoms with Gasteiger partial charge in [-0.15, -0.1) is 0 Å². The van der Waals surface area contributed by atoms with Crippen LogP contribution in [0.2, 0.25) is 0 Å². The maximum atomic E-state index is 14.0. The second kappa shape index (κ2) is 17.6. The number of benzene rings is 2. The average molecular weight is 716 g/mol. The van der Waals surface area contributed by atoms with Crippen molar-refractivity contribution in [3.63, 3.8) is 0 Å². The molecule has 1 fully saturated rings. The number of likely N-dealkylation sites (tertiary alicyclic amines) is 1. The molecule has 0 radical (unpaired) electrons. The van der Waals surface area contributed by atoms with Crippen LogP contribution in [-0.4, -0.2) is 60.4 Å². The minimum atomic E-state index is -1.21. The topological polar surface area (TPSA) is 94.5 Å². The second-order valence-corrected chi connectivity index (χ2v) is 15.7. The summed E-state index contributed by atoms with van der Waals surface area (Å²) in [4.78, 5) is 29.4. The van der Waals surface area contributed by atoms with Crippen LogP contribution in [0, 0.1) is 0 Å². The van der Waals surface area contributed by atoms with E-state index in [4.69, 9.17) is 18.9 Å². The minimum absolute atomic E-state index is 0.106. The van der Waals surface area contributed by atoms with Gasteiger partial charge in [0.25, 0.3) is 0 Å². The molecule has 2 aromatic rings. The van der Waals surface area contributed by atoms with Crippen LogP contribution in [0.5, 0.6) is 11.5 Å². The average Bonchev–Trinajstić information content (AvgIpc) is 3.51. The van der Waals surface area contributed by atoms with Gasteiger partial charge in [0, 0.05) is 30.0 Å². The number of likely N-dealkylation sites (N-methyl/N-ethyl adjacent to an activating group) is 1. The van der Waals surface area contributed by atoms with E-state index < -0.39 is 35.2 Å². The molecule has 2 aromatic carbocycles. The molecule has 1 saturated heterocycles. The van der Waals surface area contributed by atoms with Crippen molar-refractivity contribution in [3.05, 3.63) is 71.0 Å². The van der Waals surface area contributed by atoms with Crippen molar-refractivity contribution in [2.45, 2.75) is 158 Å². The molecule has 2 aliphatic carbocycles. The van der Waals surface area contributed by atoms with Crippen LogP contribution < -0.4 is 9.47 Å². The van der Waals surface area contributed by atoms with Gasteiger partial charge in [-0.25, -0.2) is 4.79 Å². The number of piperidine rings is 1. The van der Waals surface area contributed by atoms with Crippen molar-refractivity contribution in [1.82, 2.24) is 4.90 Å². The first-order chi connectivity index (χ1) is 25.3. The van der Waals surface area contributed by atoms with Gasteiger partial charge in [0.2, 0.25) is 6.10 Å². The SMILES string of the molecule is CCCCCCCCCCCCCCCCCC(=O)OC(C(=O)OC1=CC[C@@]2(O)[C@H]3Cc4ccc(OC)c5c4[C@@]2(CCN3C)[C@H]1O5)c1ccccc1. The van der Waals surface area contributed by atoms with Crippen molar-refractivity contribution >= 4 is 11.9 Å². The Morgan fingerprint density at radius 3 is 2.17 bits per heavy atom. The normalized spacial score (nSPS) is 24.7. The summed E-state index contributed by atoms with van der Waals surface area (Å²) in [7, 11) is 3.68. The standard InChI is InChI=1S/C44H61NO7/c1-4-5-6-7-8-9-10-11-12-13-14-15-16-17-21-24-37(46)51-39(32-22-19-18-20-23-32)42(47)50-35-27-28-44(48)36-31-33-25-26-34(49-3)40-38(33)43(44,41(35)52-40)29-30-45(36)2/h18-20,22-23,25-27,36,39,41,48H,4-17,21,24,28-31H2,1-3H3/t36-,39?,41+,43+,44-/m1/s1. The third-order valence-electron chi connectivity index (χ3n) is 12.3. The molecule has 2 bridgehead atoms. The molecular formula is C44H61NO7. The predicted octanol–water partition coefficient (Wildman–Crippen LogP) is 9.06. The van der Waals surface area contributed by atoms with E-state index in [1.807, 2.05) is 24.3 Å². The summed E-state index contributed by atoms with van der Waals surface area (Å²) in [5, 5.41) is 12.5. The first-order valence-corrected chi connectivity index (χ1v) is 20.3. The Bertz CT molecular complexity index is 1540. The number of aliphatic hydroxyl groups is 1. The Morgan fingerprint density at radius 1 is 0.904 bits per heavy atom. The monoisotopic (exact) mass is 715 g/mol. The zero-order chi connectivity index (χ0) is 36.6. The highest BCUT2D eigenvalue weighted by Crippen LogP contribution is 2.65. The van der Waals surface area contributed by atoms with Crippen LogP contribution in [0.25, 0.3) is 0 Å². The first kappa shape index (κ1) is 38.4. The van der Waals surface area contributed by atoms with E-state index in [0.29, 0.717) is 42.1 Å². The first-order valence-electron chi connectivity index (χ1n) is 20.3. The van der Waals surface area contributed by atoms with Crippen LogP contribution in [0.3, 0.4) is 0 Å². The number of esters is 2. The van der Waals surface area contributed by atoms with Crippen LogP contribution in [0.15, 0.2) is 54.3 Å². The number of carbonyl (C=O) groups excluding carboxylic acids is 2. The van der Waals surface area contributed by atoms with E-state index in [-0.39, 0.29) is 12.5 Å². The zero-order valence-corrected chi connectivity index (χ0v) is 31.8. The number of ether oxygens (including phenoxy) is 4. The summed E-state index contributed by atoms with van der Waals surface area (Å²) in [6.45, 7) is 3.04. The lowest BCUT2D eigenvalue weighted by Gasteiger charge is -2.61. The summed E-state index contributed by atoms with van der Waals surface area (Å²) >= 11 is 0. The maximum absolute atomic E-state index is 14.0. The number of hydrogen-bond donors (Lipinski definition) is 1. The molecule has 1 N–H and O–H groups in total. The molecule has 52 heavy (non-hydrogen) atoms. The highest BCUT2D eigenvalue weighted by atomic mass is 16.6. The molecule has 6 rings (SSSR count). The van der Waals surface area contributed by atoms with Gasteiger partial charge in [-0.1, -0.05) is 133 Å². The van der Waals surface area contributed by atoms with E-state index >= 15 is 0 Å². The lowest BCUT2D eigenvalue weighted by Crippen LogP contribution is -2.74. The molecule has 0 aromatic heterocycles. The van der Waals surface area contributed by atoms with E-state index in [9.17, 15) is 14.7 Å². The Hall–Kier alpha value is -3.36. The lowest BCUT2D eigenvalue weighted by atomic mass is 9.50. The Morgan fingerprint density at radius 2 is 1.54 bits per heavy atom. The van der Waals surface area contributed by atoms with Crippen LogP contribution in [-0.2, 0) is 30.9 Å². The Kier molecular flexibility index (Phi) is 13.0. The van der Waals surface area contributed by atoms with Gasteiger partial charge in [-0.3, -0.25) is 4.79 Å². The smallest absolute Gasteiger partial charge is 0.357 e. The summed E-state index contributed by atoms with van der Waals surface area (Å²) in [5.41, 5.74) is 0.754. The number of nitrogens with zero attached hydrogens (tertiary/aromatic N) is 1. The van der Waals surface area contributed by atoms with Gasteiger partial charge in [0.1, 0.15) is 5.76 Å². The zero-order valence-electron chi connectivity index (χ0n) is 31.8. The summed E-state index contributed by atoms with van der Waals surface area (Å²) < 4.78 is 24.4. The van der Waals surface area contributed by atoms with Gasteiger partial charge in [0.05, 0.1) is 18.1 Å². The fraction of sp³-hybridized carbons (Fsp3) is 0.636. The van der Waals surface area contributed by atoms with Crippen molar-refractivity contribution in [1.29, 1.82) is 0 Å². The molecule has 4 aliphatic rings. The molecule has 2 heterocycles. The fourth-order valence-electron chi connectivity index (χ4n) is 9.47. The fourth-order valence-corrected chi connectivity index (χ4v) is 9.47. The van der Waals surface area contributed by atoms with E-state index in [1.165, 1.54) is 77.0 Å². The lowest BCUT2D eigenvalue weighted by molar-refractivity contribution is -0.176. The number of rotatable bonds is 21. The summed E-state index contributed by atoms with van der Waals surface area (Å²) in [5.74, 6) is 0.489. The molecule has 284 valence electrons. The Balaban J connectivity index is 1.02. The molecule has 1 unspecified atom stereocenters. The maximum Gasteiger partial charge on any atom is 0.357 e. The van der Waals surface area contributed by atoms with Crippen LogP contribution >= 0.6 is 0 Å². The molecule has 1 spiro atoms. The number of carbonyl (C=O) groups is 2. The number of methoxy groups -OCH3 is 1. The van der Waals surface area contributed by atoms with Gasteiger partial charge in [-0.05, 0) is 50.6 Å². The van der Waals surface area contributed by atoms with Gasteiger partial charge in [-0.2, -0.15) is 0 Å². The molecule has 8 heteroatoms. The number of unbranched alkanes of at least 4 members (excludes halogenated alkanes) is 14. The molecule has 2 aliphatic heterocycles. The highest BCUT2D eigenvalue weighted by Gasteiger charge is 2.72. The summed E-state index contributed by atoms with van der Waals surface area (Å²) in [6, 6.07) is 12.9. The largest absolute Gasteiger partial charge is 0.493 e. The quantitative estimate of drug-likeness (QED) is 0.101. The minimum Gasteiger partial charge on any atom is -0.493 e. The van der Waals surface area contributed by atoms with E-state index in [0.717, 1.165) is 36.9 Å². The second-order valence-electron chi connectivity index (χ2n) is 15.7. The van der Waals surface area contributed by atoms with Crippen molar-refractivity contribution in [2.24, 2.45) is 0 Å². The summed E-state index contributed by atoms with van der Waals surface area (Å²) in [6.07, 6.45) is 20.6. The van der Waals surface area contributed by atoms with Crippen molar-refractivity contribution in [3.8, 4) is 11.5 Å². The van der Waals surface area contributed by atoms with Gasteiger partial charge in [0.15, 0.2) is 17.6 Å². The third kappa shape index (κ3) is 7.79. The molecule has 5 atom stereocenters. The highest BCUT2D eigenvalue weighted by molar-refractivity contribution is 5.82. The van der Waals surface area contributed by atoms with Gasteiger partial charge >= 0.3 is 11.9 Å². The molecule has 8 nitrogen and oxygen atoms in total. The van der Waals surface area contributed by atoms with Crippen molar-refractivity contribution < 1.29 is 33.6 Å². The van der Waals surface area contributed by atoms with E-state index in [1.54, 1.807) is 25.3 Å². The Labute approximate surface area is 311 Å². The number of hydrogen-bond acceptors (Lipinski definition) is 8. The van der Waals surface area contributed by atoms with Crippen LogP contribution in [0.4, 0.5) is 0 Å². The molecule has 0 saturated carbocycles. The van der Waals surface area contributed by atoms with Crippen molar-refractivity contribution in [2.75, 3.05) is 20.7 Å². The molecule has 0 amide bonds. The third-order valence-corrected chi connectivity index (χ3v) is 12.3. The van der Waals surface area contributed by atoms with Crippen LogP contribution in [0.1, 0.15) is 145 Å². The predicted molar refractivity (Wildman–Crippen MR) is 202 cm³/mol. The van der Waals surface area contributed by atoms with Gasteiger partial charge < -0.3 is 29.0 Å². The molecular weight excluding hydrogens is 654 g/mol. The van der Waals surface area contributed by atoms with E-state index in [2.05, 4.69) is 24.9 Å².